The van der Waals surface area contributed by atoms with Crippen LogP contribution in [0.25, 0.3) is 0 Å². The van der Waals surface area contributed by atoms with Crippen LogP contribution in [0.3, 0.4) is 0 Å². The summed E-state index contributed by atoms with van der Waals surface area (Å²) in [5.74, 6) is -1.11. The third-order valence-corrected chi connectivity index (χ3v) is 6.57. The van der Waals surface area contributed by atoms with E-state index in [0.29, 0.717) is 25.2 Å². The Kier molecular flexibility index (Phi) is 9.39. The van der Waals surface area contributed by atoms with Crippen molar-refractivity contribution in [1.29, 1.82) is 0 Å². The highest BCUT2D eigenvalue weighted by Crippen LogP contribution is 2.51. The number of carbonyl (C=O) groups excluding carboxylic acids is 1. The molecular weight excluding hydrogens is 470 g/mol. The second-order valence-corrected chi connectivity index (χ2v) is 8.70. The van der Waals surface area contributed by atoms with E-state index in [9.17, 15) is 13.6 Å². The largest absolute Gasteiger partial charge is 0.388 e. The summed E-state index contributed by atoms with van der Waals surface area (Å²) >= 11 is 1.22. The fourth-order valence-electron chi connectivity index (χ4n) is 3.42. The van der Waals surface area contributed by atoms with Gasteiger partial charge in [-0.3, -0.25) is 9.79 Å². The molecule has 3 rings (SSSR count). The zero-order chi connectivity index (χ0) is 23.3. The standard InChI is InChI=1S/C23H26F2N4O2S.ClH/c1-15(31-3)22(30)29-23(12-7-13-27-16(2)26,17-8-5-4-6-9-17)32-21(28-29)19-14-18(24)10-11-20(19)25;/h4-6,8-11,14-15H,7,12-13H2,1-3H3,(H2,26,27);1H/t15-,23-;/m0./s1. The molecule has 6 nitrogen and oxygen atoms in total. The van der Waals surface area contributed by atoms with Crippen molar-refractivity contribution in [1.82, 2.24) is 5.01 Å². The first kappa shape index (κ1) is 26.8. The average Bonchev–Trinajstić information content (AvgIpc) is 3.18. The van der Waals surface area contributed by atoms with Crippen molar-refractivity contribution in [3.8, 4) is 0 Å². The molecule has 2 atom stereocenters. The summed E-state index contributed by atoms with van der Waals surface area (Å²) in [6.45, 7) is 3.80. The van der Waals surface area contributed by atoms with Gasteiger partial charge in [0.1, 0.15) is 27.7 Å². The molecule has 1 aliphatic heterocycles. The number of carbonyl (C=O) groups is 1. The highest BCUT2D eigenvalue weighted by atomic mass is 35.5. The molecule has 1 aliphatic rings. The van der Waals surface area contributed by atoms with Crippen molar-refractivity contribution in [2.24, 2.45) is 15.8 Å². The van der Waals surface area contributed by atoms with Crippen LogP contribution in [-0.4, -0.2) is 41.6 Å². The highest BCUT2D eigenvalue weighted by molar-refractivity contribution is 8.15. The molecule has 10 heteroatoms. The van der Waals surface area contributed by atoms with Crippen molar-refractivity contribution in [2.45, 2.75) is 37.7 Å². The van der Waals surface area contributed by atoms with Crippen LogP contribution < -0.4 is 5.73 Å². The Bertz CT molecular complexity index is 1030. The summed E-state index contributed by atoms with van der Waals surface area (Å²) in [4.78, 5) is 16.6. The monoisotopic (exact) mass is 496 g/mol. The second-order valence-electron chi connectivity index (χ2n) is 7.44. The van der Waals surface area contributed by atoms with Gasteiger partial charge in [0.25, 0.3) is 5.91 Å². The van der Waals surface area contributed by atoms with E-state index in [1.807, 2.05) is 30.3 Å². The number of nitrogens with two attached hydrogens (primary N) is 1. The molecule has 0 spiro atoms. The van der Waals surface area contributed by atoms with Gasteiger partial charge in [-0.2, -0.15) is 5.10 Å². The van der Waals surface area contributed by atoms with E-state index in [2.05, 4.69) is 10.1 Å². The van der Waals surface area contributed by atoms with Gasteiger partial charge in [-0.25, -0.2) is 13.8 Å². The number of amides is 1. The summed E-state index contributed by atoms with van der Waals surface area (Å²) in [5, 5.41) is 6.06. The van der Waals surface area contributed by atoms with Crippen LogP contribution >= 0.6 is 24.2 Å². The first-order valence-electron chi connectivity index (χ1n) is 10.2. The van der Waals surface area contributed by atoms with Gasteiger partial charge in [0, 0.05) is 19.2 Å². The molecule has 33 heavy (non-hydrogen) atoms. The first-order chi connectivity index (χ1) is 15.3. The Labute approximate surface area is 202 Å². The molecule has 0 radical (unpaired) electrons. The number of hydrazone groups is 1. The summed E-state index contributed by atoms with van der Waals surface area (Å²) in [6.07, 6.45) is 0.282. The number of nitrogens with zero attached hydrogens (tertiary/aromatic N) is 3. The van der Waals surface area contributed by atoms with E-state index in [1.165, 1.54) is 23.9 Å². The van der Waals surface area contributed by atoms with Gasteiger partial charge in [0.15, 0.2) is 0 Å². The number of ether oxygens (including phenoxy) is 1. The average molecular weight is 497 g/mol. The lowest BCUT2D eigenvalue weighted by molar-refractivity contribution is -0.144. The topological polar surface area (TPSA) is 80.3 Å². The number of amidine groups is 1. The minimum atomic E-state index is -0.975. The van der Waals surface area contributed by atoms with E-state index in [-0.39, 0.29) is 28.9 Å². The van der Waals surface area contributed by atoms with Gasteiger partial charge in [0.05, 0.1) is 5.84 Å². The molecule has 1 amide bonds. The molecular formula is C23H27ClF2N4O2S. The van der Waals surface area contributed by atoms with Crippen LogP contribution in [0.4, 0.5) is 8.78 Å². The normalized spacial score (nSPS) is 19.1. The lowest BCUT2D eigenvalue weighted by Crippen LogP contribution is -2.45. The molecule has 1 heterocycles. The molecule has 178 valence electrons. The lowest BCUT2D eigenvalue weighted by Gasteiger charge is -2.36. The predicted octanol–water partition coefficient (Wildman–Crippen LogP) is 4.67. The molecule has 0 saturated heterocycles. The zero-order valence-electron chi connectivity index (χ0n) is 18.6. The minimum Gasteiger partial charge on any atom is -0.388 e. The first-order valence-corrected chi connectivity index (χ1v) is 11.0. The molecule has 0 saturated carbocycles. The van der Waals surface area contributed by atoms with Crippen LogP contribution in [0.1, 0.15) is 37.8 Å². The summed E-state index contributed by atoms with van der Waals surface area (Å²) in [7, 11) is 1.44. The van der Waals surface area contributed by atoms with Gasteiger partial charge >= 0.3 is 0 Å². The van der Waals surface area contributed by atoms with Crippen LogP contribution in [0.15, 0.2) is 58.6 Å². The number of aliphatic imine (C=N–C) groups is 1. The fraction of sp³-hybridized carbons (Fsp3) is 0.348. The summed E-state index contributed by atoms with van der Waals surface area (Å²) in [5.41, 5.74) is 6.47. The van der Waals surface area contributed by atoms with E-state index in [0.717, 1.165) is 23.8 Å². The van der Waals surface area contributed by atoms with Crippen LogP contribution in [0.5, 0.6) is 0 Å². The number of halogens is 3. The van der Waals surface area contributed by atoms with E-state index in [4.69, 9.17) is 10.5 Å². The van der Waals surface area contributed by atoms with Crippen molar-refractivity contribution in [3.63, 3.8) is 0 Å². The van der Waals surface area contributed by atoms with E-state index < -0.39 is 22.6 Å². The quantitative estimate of drug-likeness (QED) is 0.327. The van der Waals surface area contributed by atoms with Crippen molar-refractivity contribution in [2.75, 3.05) is 13.7 Å². The van der Waals surface area contributed by atoms with Gasteiger partial charge in [0.2, 0.25) is 0 Å². The number of rotatable bonds is 8. The zero-order valence-corrected chi connectivity index (χ0v) is 20.3. The third-order valence-electron chi connectivity index (χ3n) is 5.13. The van der Waals surface area contributed by atoms with Crippen LogP contribution in [0.2, 0.25) is 0 Å². The fourth-order valence-corrected chi connectivity index (χ4v) is 4.85. The van der Waals surface area contributed by atoms with Crippen molar-refractivity contribution in [3.05, 3.63) is 71.3 Å². The summed E-state index contributed by atoms with van der Waals surface area (Å²) in [6, 6.07) is 12.6. The molecule has 0 bridgehead atoms. The number of hydrogen-bond donors (Lipinski definition) is 1. The predicted molar refractivity (Wildman–Crippen MR) is 131 cm³/mol. The Balaban J connectivity index is 0.00000385. The smallest absolute Gasteiger partial charge is 0.273 e. The van der Waals surface area contributed by atoms with E-state index >= 15 is 0 Å². The molecule has 2 aromatic rings. The number of hydrogen-bond acceptors (Lipinski definition) is 5. The Morgan fingerprint density at radius 2 is 1.97 bits per heavy atom. The van der Waals surface area contributed by atoms with Gasteiger partial charge in [-0.15, -0.1) is 12.4 Å². The van der Waals surface area contributed by atoms with Gasteiger partial charge in [-0.1, -0.05) is 42.1 Å². The SMILES string of the molecule is CO[C@@H](C)C(=O)N1N=C(c2cc(F)ccc2F)S[C@@]1(CCCN=C(C)N)c1ccccc1.Cl. The van der Waals surface area contributed by atoms with Crippen molar-refractivity contribution >= 4 is 41.0 Å². The summed E-state index contributed by atoms with van der Waals surface area (Å²) < 4.78 is 33.8. The molecule has 0 aliphatic carbocycles. The van der Waals surface area contributed by atoms with E-state index in [1.54, 1.807) is 13.8 Å². The Hall–Kier alpha value is -2.49. The minimum absolute atomic E-state index is 0. The molecule has 0 unspecified atom stereocenters. The van der Waals surface area contributed by atoms with Gasteiger partial charge in [-0.05, 0) is 50.5 Å². The lowest BCUT2D eigenvalue weighted by atomic mass is 9.99. The second kappa shape index (κ2) is 11.6. The molecule has 0 aromatic heterocycles. The number of thioether (sulfide) groups is 1. The Morgan fingerprint density at radius 3 is 2.61 bits per heavy atom. The molecule has 2 N–H and O–H groups in total. The number of methoxy groups -OCH3 is 1. The van der Waals surface area contributed by atoms with Crippen LogP contribution in [-0.2, 0) is 14.4 Å². The third kappa shape index (κ3) is 5.90. The Morgan fingerprint density at radius 1 is 1.27 bits per heavy atom. The molecule has 0 fully saturated rings. The number of benzene rings is 2. The maximum atomic E-state index is 14.6. The van der Waals surface area contributed by atoms with Crippen LogP contribution in [0, 0.1) is 11.6 Å². The van der Waals surface area contributed by atoms with Gasteiger partial charge < -0.3 is 10.5 Å². The highest BCUT2D eigenvalue weighted by Gasteiger charge is 2.49. The van der Waals surface area contributed by atoms with Crippen molar-refractivity contribution < 1.29 is 18.3 Å². The maximum absolute atomic E-state index is 14.6. The molecule has 2 aromatic carbocycles. The maximum Gasteiger partial charge on any atom is 0.273 e.